The number of piperidine rings is 1. The number of rotatable bonds is 5. The molecule has 2 rings (SSSR count). The van der Waals surface area contributed by atoms with Crippen LogP contribution in [0.3, 0.4) is 0 Å². The zero-order valence-electron chi connectivity index (χ0n) is 12.8. The summed E-state index contributed by atoms with van der Waals surface area (Å²) in [6.45, 7) is 2.59. The molecule has 5 nitrogen and oxygen atoms in total. The zero-order valence-corrected chi connectivity index (χ0v) is 13.5. The highest BCUT2D eigenvalue weighted by Gasteiger charge is 2.19. The number of methoxy groups -OCH3 is 3. The van der Waals surface area contributed by atoms with Crippen LogP contribution in [0.4, 0.5) is 0 Å². The van der Waals surface area contributed by atoms with Crippen molar-refractivity contribution in [1.29, 1.82) is 0 Å². The van der Waals surface area contributed by atoms with E-state index in [-0.39, 0.29) is 18.5 Å². The van der Waals surface area contributed by atoms with Crippen LogP contribution >= 0.6 is 0 Å². The van der Waals surface area contributed by atoms with Crippen LogP contribution in [-0.2, 0) is 6.54 Å². The number of hydrogen-bond donors (Lipinski definition) is 1. The molecule has 1 aliphatic heterocycles. The summed E-state index contributed by atoms with van der Waals surface area (Å²) in [5.74, 6) is 2.18. The second-order valence-corrected chi connectivity index (χ2v) is 5.03. The number of benzene rings is 1. The molecule has 0 spiro atoms. The second kappa shape index (κ2) is 8.32. The van der Waals surface area contributed by atoms with Crippen LogP contribution in [0.5, 0.6) is 17.2 Å². The lowest BCUT2D eigenvalue weighted by Gasteiger charge is -2.30. The highest BCUT2D eigenvalue weighted by molar-refractivity contribution is 5.50. The Kier molecular flexibility index (Phi) is 7.08. The van der Waals surface area contributed by atoms with E-state index in [9.17, 15) is 5.11 Å². The Hall–Kier alpha value is -1.17. The zero-order chi connectivity index (χ0) is 14.5. The van der Waals surface area contributed by atoms with E-state index in [1.807, 2.05) is 12.1 Å². The third-order valence-corrected chi connectivity index (χ3v) is 3.74. The minimum absolute atomic E-state index is 0. The number of likely N-dealkylation sites (tertiary alicyclic amines) is 1. The van der Waals surface area contributed by atoms with E-state index in [4.69, 9.17) is 14.2 Å². The van der Waals surface area contributed by atoms with Gasteiger partial charge in [0.05, 0.1) is 27.4 Å². The average Bonchev–Trinajstić information content (AvgIpc) is 2.49. The molecule has 0 aromatic heterocycles. The Balaban J connectivity index is 0.00000220. The molecule has 0 atom stereocenters. The molecule has 1 fully saturated rings. The summed E-state index contributed by atoms with van der Waals surface area (Å²) in [6.07, 6.45) is 1.50. The van der Waals surface area contributed by atoms with Crippen LogP contribution in [0.2, 0.25) is 0 Å². The minimum Gasteiger partial charge on any atom is -1.00 e. The Bertz CT molecular complexity index is 448. The molecule has 120 valence electrons. The first-order chi connectivity index (χ1) is 9.67. The fraction of sp³-hybridized carbons (Fsp3) is 0.600. The van der Waals surface area contributed by atoms with E-state index >= 15 is 0 Å². The molecule has 0 saturated carbocycles. The van der Waals surface area contributed by atoms with Gasteiger partial charge in [-0.05, 0) is 18.9 Å². The third-order valence-electron chi connectivity index (χ3n) is 3.74. The van der Waals surface area contributed by atoms with Gasteiger partial charge in [-0.1, -0.05) is 0 Å². The van der Waals surface area contributed by atoms with Crippen molar-refractivity contribution in [2.24, 2.45) is 0 Å². The molecule has 0 unspecified atom stereocenters. The van der Waals surface area contributed by atoms with Crippen molar-refractivity contribution in [3.63, 3.8) is 0 Å². The van der Waals surface area contributed by atoms with Gasteiger partial charge in [0.2, 0.25) is 0 Å². The molecule has 1 aliphatic rings. The first-order valence-corrected chi connectivity index (χ1v) is 6.87. The quantitative estimate of drug-likeness (QED) is 0.730. The van der Waals surface area contributed by atoms with Gasteiger partial charge in [-0.25, -0.2) is 0 Å². The highest BCUT2D eigenvalue weighted by atomic mass is 35.5. The summed E-state index contributed by atoms with van der Waals surface area (Å²) in [5.41, 5.74) is 1.07. The summed E-state index contributed by atoms with van der Waals surface area (Å²) in [5, 5.41) is 9.56. The first kappa shape index (κ1) is 17.9. The Morgan fingerprint density at radius 2 is 1.52 bits per heavy atom. The van der Waals surface area contributed by atoms with Crippen molar-refractivity contribution in [3.05, 3.63) is 17.7 Å². The Morgan fingerprint density at radius 1 is 1.00 bits per heavy atom. The van der Waals surface area contributed by atoms with E-state index < -0.39 is 0 Å². The predicted octanol–water partition coefficient (Wildman–Crippen LogP) is -1.33. The van der Waals surface area contributed by atoms with E-state index in [2.05, 4.69) is 4.90 Å². The lowest BCUT2D eigenvalue weighted by atomic mass is 10.1. The number of nitrogens with zero attached hydrogens (tertiary/aromatic N) is 1. The summed E-state index contributed by atoms with van der Waals surface area (Å²) < 4.78 is 16.1. The molecule has 1 aromatic rings. The lowest BCUT2D eigenvalue weighted by molar-refractivity contribution is -0.00000814. The molecule has 21 heavy (non-hydrogen) atoms. The van der Waals surface area contributed by atoms with Crippen LogP contribution < -0.4 is 26.6 Å². The van der Waals surface area contributed by atoms with Gasteiger partial charge in [-0.15, -0.1) is 0 Å². The number of hydrogen-bond acceptors (Lipinski definition) is 5. The second-order valence-electron chi connectivity index (χ2n) is 5.03. The molecule has 1 saturated heterocycles. The average molecular weight is 317 g/mol. The molecule has 0 radical (unpaired) electrons. The van der Waals surface area contributed by atoms with Gasteiger partial charge >= 0.3 is 0 Å². The lowest BCUT2D eigenvalue weighted by Crippen LogP contribution is -3.00. The van der Waals surface area contributed by atoms with Crippen LogP contribution in [0, 0.1) is 0 Å². The largest absolute Gasteiger partial charge is 1.00 e. The normalized spacial score (nSPS) is 16.2. The minimum atomic E-state index is -0.154. The third kappa shape index (κ3) is 4.40. The topological polar surface area (TPSA) is 51.2 Å². The van der Waals surface area contributed by atoms with Crippen molar-refractivity contribution in [2.75, 3.05) is 34.4 Å². The van der Waals surface area contributed by atoms with Crippen molar-refractivity contribution < 1.29 is 31.7 Å². The Morgan fingerprint density at radius 3 is 2.05 bits per heavy atom. The molecule has 0 aliphatic carbocycles. The summed E-state index contributed by atoms with van der Waals surface area (Å²) in [4.78, 5) is 2.32. The fourth-order valence-electron chi connectivity index (χ4n) is 2.53. The molecule has 6 heteroatoms. The van der Waals surface area contributed by atoms with E-state index in [0.29, 0.717) is 11.5 Å². The van der Waals surface area contributed by atoms with Crippen molar-refractivity contribution in [2.45, 2.75) is 25.5 Å². The summed E-state index contributed by atoms with van der Waals surface area (Å²) >= 11 is 0. The molecular weight excluding hydrogens is 294 g/mol. The molecule has 1 heterocycles. The highest BCUT2D eigenvalue weighted by Crippen LogP contribution is 2.35. The standard InChI is InChI=1S/C15H23NO4.ClH/c1-18-13-9-15(20-3)14(19-2)8-11(13)10-16-6-4-12(17)5-7-16;/h8-9,12,17H,4-7,10H2,1-3H3;1H/p-1. The van der Waals surface area contributed by atoms with Gasteiger partial charge in [0.15, 0.2) is 11.5 Å². The first-order valence-electron chi connectivity index (χ1n) is 6.87. The maximum Gasteiger partial charge on any atom is 0.164 e. The van der Waals surface area contributed by atoms with E-state index in [0.717, 1.165) is 43.8 Å². The molecule has 1 N–H and O–H groups in total. The van der Waals surface area contributed by atoms with Crippen LogP contribution in [0.25, 0.3) is 0 Å². The monoisotopic (exact) mass is 316 g/mol. The fourth-order valence-corrected chi connectivity index (χ4v) is 2.53. The molecule has 0 amide bonds. The maximum absolute atomic E-state index is 9.56. The smallest absolute Gasteiger partial charge is 0.164 e. The Labute approximate surface area is 132 Å². The van der Waals surface area contributed by atoms with Gasteiger partial charge in [-0.3, -0.25) is 4.90 Å². The van der Waals surface area contributed by atoms with Gasteiger partial charge in [0, 0.05) is 31.3 Å². The maximum atomic E-state index is 9.56. The van der Waals surface area contributed by atoms with Crippen LogP contribution in [0.1, 0.15) is 18.4 Å². The SMILES string of the molecule is COc1cc(OC)c(OC)cc1CN1CCC(O)CC1.[Cl-]. The number of aliphatic hydroxyl groups excluding tert-OH is 1. The van der Waals surface area contributed by atoms with Crippen LogP contribution in [-0.4, -0.2) is 50.5 Å². The van der Waals surface area contributed by atoms with Gasteiger partial charge < -0.3 is 31.7 Å². The van der Waals surface area contributed by atoms with E-state index in [1.165, 1.54) is 0 Å². The molecular formula is C15H23ClNO4-. The van der Waals surface area contributed by atoms with Gasteiger partial charge in [-0.2, -0.15) is 0 Å². The van der Waals surface area contributed by atoms with Crippen LogP contribution in [0.15, 0.2) is 12.1 Å². The number of halogens is 1. The van der Waals surface area contributed by atoms with Crippen molar-refractivity contribution >= 4 is 0 Å². The number of aliphatic hydroxyl groups is 1. The van der Waals surface area contributed by atoms with Gasteiger partial charge in [0.1, 0.15) is 5.75 Å². The number of ether oxygens (including phenoxy) is 3. The van der Waals surface area contributed by atoms with E-state index in [1.54, 1.807) is 21.3 Å². The molecule has 1 aromatic carbocycles. The van der Waals surface area contributed by atoms with Crippen molar-refractivity contribution in [3.8, 4) is 17.2 Å². The predicted molar refractivity (Wildman–Crippen MR) is 76.6 cm³/mol. The van der Waals surface area contributed by atoms with Crippen molar-refractivity contribution in [1.82, 2.24) is 4.90 Å². The summed E-state index contributed by atoms with van der Waals surface area (Å²) in [7, 11) is 4.90. The summed E-state index contributed by atoms with van der Waals surface area (Å²) in [6, 6.07) is 3.82. The molecule has 0 bridgehead atoms. The van der Waals surface area contributed by atoms with Gasteiger partial charge in [0.25, 0.3) is 0 Å².